The summed E-state index contributed by atoms with van der Waals surface area (Å²) in [6.45, 7) is 7.66. The Bertz CT molecular complexity index is 1710. The standard InChI is InChI=1S/C35H33N3S/c1-35(2,3)23-37-27-17-15-25(16-18-27)30-21-36-34-33(32(30)26-10-6-4-7-11-26)29-20-24(14-19-31(29)38-34)22-39-28-12-8-5-9-13-28/h4-21,37H,22-23H2,1-3H3,(H,36,38). The molecule has 0 spiro atoms. The van der Waals surface area contributed by atoms with E-state index < -0.39 is 0 Å². The molecule has 2 heterocycles. The van der Waals surface area contributed by atoms with Crippen molar-refractivity contribution in [2.45, 2.75) is 31.4 Å². The molecule has 2 aromatic heterocycles. The fourth-order valence-corrected chi connectivity index (χ4v) is 5.80. The summed E-state index contributed by atoms with van der Waals surface area (Å²) in [6.07, 6.45) is 2.02. The Balaban J connectivity index is 1.45. The third-order valence-electron chi connectivity index (χ3n) is 6.92. The Morgan fingerprint density at radius 2 is 1.51 bits per heavy atom. The van der Waals surface area contributed by atoms with E-state index in [2.05, 4.69) is 134 Å². The number of nitrogens with zero attached hydrogens (tertiary/aromatic N) is 1. The largest absolute Gasteiger partial charge is 0.385 e. The quantitative estimate of drug-likeness (QED) is 0.203. The average Bonchev–Trinajstić information content (AvgIpc) is 3.33. The monoisotopic (exact) mass is 527 g/mol. The lowest BCUT2D eigenvalue weighted by Gasteiger charge is -2.20. The van der Waals surface area contributed by atoms with Gasteiger partial charge < -0.3 is 10.3 Å². The lowest BCUT2D eigenvalue weighted by atomic mass is 9.92. The molecule has 0 aliphatic rings. The molecule has 194 valence electrons. The van der Waals surface area contributed by atoms with Crippen molar-refractivity contribution in [2.75, 3.05) is 11.9 Å². The highest BCUT2D eigenvalue weighted by atomic mass is 32.2. The van der Waals surface area contributed by atoms with Gasteiger partial charge in [-0.2, -0.15) is 0 Å². The highest BCUT2D eigenvalue weighted by molar-refractivity contribution is 7.98. The summed E-state index contributed by atoms with van der Waals surface area (Å²) < 4.78 is 0. The predicted molar refractivity (Wildman–Crippen MR) is 168 cm³/mol. The number of aromatic amines is 1. The maximum Gasteiger partial charge on any atom is 0.138 e. The number of nitrogens with one attached hydrogen (secondary N) is 2. The van der Waals surface area contributed by atoms with Crippen LogP contribution in [-0.4, -0.2) is 16.5 Å². The zero-order chi connectivity index (χ0) is 26.8. The van der Waals surface area contributed by atoms with Gasteiger partial charge in [0.15, 0.2) is 0 Å². The number of H-pyrrole nitrogens is 1. The van der Waals surface area contributed by atoms with Gasteiger partial charge in [0.25, 0.3) is 0 Å². The maximum atomic E-state index is 4.92. The SMILES string of the molecule is CC(C)(C)CNc1ccc(-c2cnc3[nH]c4ccc(CSc5ccccc5)cc4c3c2-c2ccccc2)cc1. The summed E-state index contributed by atoms with van der Waals surface area (Å²) in [4.78, 5) is 9.78. The van der Waals surface area contributed by atoms with Gasteiger partial charge in [-0.15, -0.1) is 11.8 Å². The number of aromatic nitrogens is 2. The average molecular weight is 528 g/mol. The molecule has 0 aliphatic heterocycles. The molecule has 2 N–H and O–H groups in total. The van der Waals surface area contributed by atoms with Crippen molar-refractivity contribution < 1.29 is 0 Å². The van der Waals surface area contributed by atoms with E-state index in [1.54, 1.807) is 0 Å². The summed E-state index contributed by atoms with van der Waals surface area (Å²) >= 11 is 1.87. The normalized spacial score (nSPS) is 11.8. The first-order valence-electron chi connectivity index (χ1n) is 13.5. The Morgan fingerprint density at radius 3 is 2.23 bits per heavy atom. The van der Waals surface area contributed by atoms with E-state index in [1.165, 1.54) is 32.4 Å². The minimum atomic E-state index is 0.224. The molecular formula is C35H33N3S. The zero-order valence-corrected chi connectivity index (χ0v) is 23.5. The van der Waals surface area contributed by atoms with Crippen LogP contribution < -0.4 is 5.32 Å². The molecule has 0 bridgehead atoms. The van der Waals surface area contributed by atoms with Crippen LogP contribution in [0.3, 0.4) is 0 Å². The van der Waals surface area contributed by atoms with Crippen molar-refractivity contribution in [1.82, 2.24) is 9.97 Å². The van der Waals surface area contributed by atoms with Gasteiger partial charge >= 0.3 is 0 Å². The lowest BCUT2D eigenvalue weighted by Crippen LogP contribution is -2.18. The maximum absolute atomic E-state index is 4.92. The molecule has 0 saturated carbocycles. The van der Waals surface area contributed by atoms with Gasteiger partial charge in [0.1, 0.15) is 5.65 Å². The molecule has 6 aromatic rings. The van der Waals surface area contributed by atoms with Crippen molar-refractivity contribution in [3.63, 3.8) is 0 Å². The van der Waals surface area contributed by atoms with Gasteiger partial charge in [-0.05, 0) is 58.5 Å². The topological polar surface area (TPSA) is 40.7 Å². The van der Waals surface area contributed by atoms with Crippen LogP contribution in [0.25, 0.3) is 44.2 Å². The van der Waals surface area contributed by atoms with Gasteiger partial charge in [0, 0.05) is 56.5 Å². The number of anilines is 1. The molecule has 4 aromatic carbocycles. The molecule has 0 amide bonds. The Morgan fingerprint density at radius 1 is 0.795 bits per heavy atom. The highest BCUT2D eigenvalue weighted by Gasteiger charge is 2.18. The number of benzene rings is 4. The van der Waals surface area contributed by atoms with Crippen molar-refractivity contribution in [3.05, 3.63) is 115 Å². The van der Waals surface area contributed by atoms with E-state index in [-0.39, 0.29) is 5.41 Å². The number of hydrogen-bond donors (Lipinski definition) is 2. The van der Waals surface area contributed by atoms with Crippen molar-refractivity contribution in [3.8, 4) is 22.3 Å². The van der Waals surface area contributed by atoms with Crippen LogP contribution in [0.2, 0.25) is 0 Å². The molecule has 4 heteroatoms. The first-order chi connectivity index (χ1) is 18.9. The van der Waals surface area contributed by atoms with Crippen LogP contribution in [0.5, 0.6) is 0 Å². The zero-order valence-electron chi connectivity index (χ0n) is 22.7. The molecule has 6 rings (SSSR count). The van der Waals surface area contributed by atoms with Crippen molar-refractivity contribution in [2.24, 2.45) is 5.41 Å². The summed E-state index contributed by atoms with van der Waals surface area (Å²) in [5.41, 5.74) is 9.41. The molecular weight excluding hydrogens is 494 g/mol. The fraction of sp³-hybridized carbons (Fsp3) is 0.171. The number of rotatable bonds is 7. The van der Waals surface area contributed by atoms with Crippen LogP contribution in [0, 0.1) is 5.41 Å². The second kappa shape index (κ2) is 10.6. The van der Waals surface area contributed by atoms with Gasteiger partial charge in [-0.25, -0.2) is 4.98 Å². The summed E-state index contributed by atoms with van der Waals surface area (Å²) in [5.74, 6) is 0.920. The Labute approximate surface area is 234 Å². The Kier molecular flexibility index (Phi) is 6.88. The van der Waals surface area contributed by atoms with Crippen LogP contribution in [0.15, 0.2) is 114 Å². The van der Waals surface area contributed by atoms with E-state index in [1.807, 2.05) is 18.0 Å². The third-order valence-corrected chi connectivity index (χ3v) is 8.00. The van der Waals surface area contributed by atoms with E-state index in [4.69, 9.17) is 4.98 Å². The number of pyridine rings is 1. The number of hydrogen-bond acceptors (Lipinski definition) is 3. The first kappa shape index (κ1) is 25.3. The van der Waals surface area contributed by atoms with Gasteiger partial charge in [0.05, 0.1) is 0 Å². The smallest absolute Gasteiger partial charge is 0.138 e. The van der Waals surface area contributed by atoms with E-state index in [9.17, 15) is 0 Å². The van der Waals surface area contributed by atoms with E-state index >= 15 is 0 Å². The molecule has 0 radical (unpaired) electrons. The number of thioether (sulfide) groups is 1. The third kappa shape index (κ3) is 5.57. The molecule has 3 nitrogen and oxygen atoms in total. The molecule has 0 fully saturated rings. The van der Waals surface area contributed by atoms with Crippen molar-refractivity contribution in [1.29, 1.82) is 0 Å². The second-order valence-electron chi connectivity index (χ2n) is 11.2. The van der Waals surface area contributed by atoms with Crippen molar-refractivity contribution >= 4 is 39.4 Å². The molecule has 0 atom stereocenters. The second-order valence-corrected chi connectivity index (χ2v) is 12.3. The fourth-order valence-electron chi connectivity index (χ4n) is 4.93. The van der Waals surface area contributed by atoms with E-state index in [0.717, 1.165) is 40.3 Å². The number of fused-ring (bicyclic) bond motifs is 3. The molecule has 0 saturated heterocycles. The van der Waals surface area contributed by atoms with E-state index in [0.29, 0.717) is 0 Å². The molecule has 0 unspecified atom stereocenters. The van der Waals surface area contributed by atoms with Gasteiger partial charge in [-0.1, -0.05) is 87.5 Å². The first-order valence-corrected chi connectivity index (χ1v) is 14.4. The predicted octanol–water partition coefficient (Wildman–Crippen LogP) is 9.80. The lowest BCUT2D eigenvalue weighted by molar-refractivity contribution is 0.443. The summed E-state index contributed by atoms with van der Waals surface area (Å²) in [6, 6.07) is 36.8. The summed E-state index contributed by atoms with van der Waals surface area (Å²) in [5, 5.41) is 5.96. The van der Waals surface area contributed by atoms with Crippen LogP contribution in [0.1, 0.15) is 26.3 Å². The van der Waals surface area contributed by atoms with Gasteiger partial charge in [0.2, 0.25) is 0 Å². The highest BCUT2D eigenvalue weighted by Crippen LogP contribution is 2.41. The minimum absolute atomic E-state index is 0.224. The summed E-state index contributed by atoms with van der Waals surface area (Å²) in [7, 11) is 0. The van der Waals surface area contributed by atoms with Crippen LogP contribution in [0.4, 0.5) is 5.69 Å². The van der Waals surface area contributed by atoms with Gasteiger partial charge in [-0.3, -0.25) is 0 Å². The Hall–Kier alpha value is -4.02. The van der Waals surface area contributed by atoms with Crippen LogP contribution in [-0.2, 0) is 5.75 Å². The minimum Gasteiger partial charge on any atom is -0.385 e. The van der Waals surface area contributed by atoms with Crippen LogP contribution >= 0.6 is 11.8 Å². The molecule has 39 heavy (non-hydrogen) atoms. The molecule has 0 aliphatic carbocycles.